The van der Waals surface area contributed by atoms with Crippen molar-refractivity contribution in [3.05, 3.63) is 52.7 Å². The summed E-state index contributed by atoms with van der Waals surface area (Å²) in [6.45, 7) is 0. The van der Waals surface area contributed by atoms with Crippen LogP contribution in [0.25, 0.3) is 22.4 Å². The van der Waals surface area contributed by atoms with E-state index in [0.29, 0.717) is 11.2 Å². The fraction of sp³-hybridized carbons (Fsp3) is 0. The van der Waals surface area contributed by atoms with Gasteiger partial charge in [0, 0.05) is 17.8 Å². The van der Waals surface area contributed by atoms with Gasteiger partial charge in [-0.05, 0) is 24.3 Å². The molecule has 2 aromatic heterocycles. The molecule has 3 rings (SSSR count). The molecule has 2 N–H and O–H groups in total. The predicted molar refractivity (Wildman–Crippen MR) is 67.2 cm³/mol. The second-order valence-electron chi connectivity index (χ2n) is 3.95. The number of H-pyrrole nitrogens is 1. The van der Waals surface area contributed by atoms with E-state index in [2.05, 4.69) is 15.0 Å². The Hall–Kier alpha value is -2.76. The number of rotatable bonds is 1. The molecule has 0 atom stereocenters. The van der Waals surface area contributed by atoms with Crippen LogP contribution in [0.4, 0.5) is 4.39 Å². The Morgan fingerprint density at radius 1 is 1.26 bits per heavy atom. The number of nitrogens with zero attached hydrogens (tertiary/aromatic N) is 2. The molecule has 0 fully saturated rings. The molecule has 0 amide bonds. The Morgan fingerprint density at radius 3 is 2.89 bits per heavy atom. The van der Waals surface area contributed by atoms with E-state index in [-0.39, 0.29) is 17.0 Å². The van der Waals surface area contributed by atoms with Crippen LogP contribution in [0.1, 0.15) is 0 Å². The molecule has 3 aromatic rings. The van der Waals surface area contributed by atoms with Crippen molar-refractivity contribution in [3.63, 3.8) is 0 Å². The molecule has 0 unspecified atom stereocenters. The topological polar surface area (TPSA) is 78.9 Å². The molecule has 5 nitrogen and oxygen atoms in total. The summed E-state index contributed by atoms with van der Waals surface area (Å²) in [5.41, 5.74) is 0.554. The predicted octanol–water partition coefficient (Wildman–Crippen LogP) is 1.83. The quantitative estimate of drug-likeness (QED) is 0.697. The maximum Gasteiger partial charge on any atom is 0.276 e. The molecule has 94 valence electrons. The lowest BCUT2D eigenvalue weighted by molar-refractivity contribution is 0.471. The first-order chi connectivity index (χ1) is 9.15. The van der Waals surface area contributed by atoms with Gasteiger partial charge in [-0.25, -0.2) is 14.4 Å². The van der Waals surface area contributed by atoms with E-state index in [9.17, 15) is 14.3 Å². The van der Waals surface area contributed by atoms with Gasteiger partial charge in [0.1, 0.15) is 22.8 Å². The number of pyridine rings is 1. The minimum absolute atomic E-state index is 0.0259. The zero-order valence-electron chi connectivity index (χ0n) is 9.59. The Morgan fingerprint density at radius 2 is 2.11 bits per heavy atom. The lowest BCUT2D eigenvalue weighted by Crippen LogP contribution is -2.12. The number of hydrogen-bond donors (Lipinski definition) is 2. The van der Waals surface area contributed by atoms with Crippen LogP contribution in [0, 0.1) is 5.82 Å². The molecule has 0 radical (unpaired) electrons. The smallest absolute Gasteiger partial charge is 0.276 e. The van der Waals surface area contributed by atoms with E-state index in [1.54, 1.807) is 12.1 Å². The number of phenolic OH excluding ortho intramolecular Hbond substituents is 1. The van der Waals surface area contributed by atoms with Crippen molar-refractivity contribution in [1.82, 2.24) is 15.0 Å². The fourth-order valence-corrected chi connectivity index (χ4v) is 1.81. The van der Waals surface area contributed by atoms with E-state index in [0.717, 1.165) is 12.1 Å². The van der Waals surface area contributed by atoms with Gasteiger partial charge in [-0.3, -0.25) is 4.79 Å². The number of phenols is 1. The number of halogens is 1. The van der Waals surface area contributed by atoms with E-state index >= 15 is 0 Å². The average molecular weight is 257 g/mol. The van der Waals surface area contributed by atoms with Gasteiger partial charge in [0.2, 0.25) is 0 Å². The Labute approximate surface area is 106 Å². The van der Waals surface area contributed by atoms with Crippen molar-refractivity contribution >= 4 is 11.2 Å². The van der Waals surface area contributed by atoms with E-state index in [1.165, 1.54) is 12.3 Å². The van der Waals surface area contributed by atoms with Crippen LogP contribution in [-0.2, 0) is 0 Å². The normalized spacial score (nSPS) is 10.8. The number of aromatic amines is 1. The molecule has 0 bridgehead atoms. The first kappa shape index (κ1) is 11.3. The van der Waals surface area contributed by atoms with Gasteiger partial charge in [-0.1, -0.05) is 0 Å². The molecule has 0 spiro atoms. The molecule has 0 saturated carbocycles. The third-order valence-electron chi connectivity index (χ3n) is 2.68. The number of aromatic nitrogens is 3. The molecule has 0 saturated heterocycles. The van der Waals surface area contributed by atoms with Crippen molar-refractivity contribution in [2.24, 2.45) is 0 Å². The van der Waals surface area contributed by atoms with Crippen LogP contribution < -0.4 is 5.56 Å². The van der Waals surface area contributed by atoms with Crippen molar-refractivity contribution < 1.29 is 9.50 Å². The zero-order chi connectivity index (χ0) is 13.4. The van der Waals surface area contributed by atoms with Gasteiger partial charge >= 0.3 is 0 Å². The van der Waals surface area contributed by atoms with Crippen molar-refractivity contribution in [2.75, 3.05) is 0 Å². The number of benzene rings is 1. The minimum atomic E-state index is -0.583. The molecule has 2 heterocycles. The van der Waals surface area contributed by atoms with Crippen LogP contribution in [0.15, 0.2) is 41.3 Å². The minimum Gasteiger partial charge on any atom is -0.507 e. The van der Waals surface area contributed by atoms with Crippen molar-refractivity contribution in [2.45, 2.75) is 0 Å². The summed E-state index contributed by atoms with van der Waals surface area (Å²) < 4.78 is 12.9. The van der Waals surface area contributed by atoms with E-state index in [4.69, 9.17) is 0 Å². The largest absolute Gasteiger partial charge is 0.507 e. The summed E-state index contributed by atoms with van der Waals surface area (Å²) in [5, 5.41) is 9.69. The van der Waals surface area contributed by atoms with Crippen molar-refractivity contribution in [3.8, 4) is 17.0 Å². The Balaban J connectivity index is 2.30. The summed E-state index contributed by atoms with van der Waals surface area (Å²) in [6.07, 6.45) is 1.54. The molecule has 0 aliphatic carbocycles. The standard InChI is InChI=1S/C13H8FN3O2/c14-7-3-4-8(10(18)6-7)11-13(19)17-12-9(16-11)2-1-5-15-12/h1-6,18H,(H,15,17,19). The molecule has 19 heavy (non-hydrogen) atoms. The van der Waals surface area contributed by atoms with Gasteiger partial charge in [0.25, 0.3) is 5.56 Å². The number of nitrogens with one attached hydrogen (secondary N) is 1. The van der Waals surface area contributed by atoms with Gasteiger partial charge < -0.3 is 10.1 Å². The van der Waals surface area contributed by atoms with Crippen LogP contribution in [-0.4, -0.2) is 20.1 Å². The number of hydrogen-bond acceptors (Lipinski definition) is 4. The average Bonchev–Trinajstić information content (AvgIpc) is 2.38. The monoisotopic (exact) mass is 257 g/mol. The molecule has 0 aliphatic heterocycles. The van der Waals surface area contributed by atoms with Gasteiger partial charge in [-0.2, -0.15) is 0 Å². The molecular formula is C13H8FN3O2. The summed E-state index contributed by atoms with van der Waals surface area (Å²) >= 11 is 0. The zero-order valence-corrected chi connectivity index (χ0v) is 9.59. The van der Waals surface area contributed by atoms with Crippen LogP contribution in [0.5, 0.6) is 5.75 Å². The summed E-state index contributed by atoms with van der Waals surface area (Å²) in [6, 6.07) is 6.77. The second-order valence-corrected chi connectivity index (χ2v) is 3.95. The maximum atomic E-state index is 12.9. The summed E-state index contributed by atoms with van der Waals surface area (Å²) in [4.78, 5) is 22.6. The number of fused-ring (bicyclic) bond motifs is 1. The summed E-state index contributed by atoms with van der Waals surface area (Å²) in [7, 11) is 0. The highest BCUT2D eigenvalue weighted by Crippen LogP contribution is 2.26. The van der Waals surface area contributed by atoms with Crippen LogP contribution in [0.2, 0.25) is 0 Å². The highest BCUT2D eigenvalue weighted by atomic mass is 19.1. The van der Waals surface area contributed by atoms with Crippen molar-refractivity contribution in [1.29, 1.82) is 0 Å². The molecular weight excluding hydrogens is 249 g/mol. The SMILES string of the molecule is O=c1[nH]c2ncccc2nc1-c1ccc(F)cc1O. The van der Waals surface area contributed by atoms with Gasteiger partial charge in [0.05, 0.1) is 0 Å². The first-order valence-corrected chi connectivity index (χ1v) is 5.49. The lowest BCUT2D eigenvalue weighted by atomic mass is 10.1. The van der Waals surface area contributed by atoms with Crippen LogP contribution in [0.3, 0.4) is 0 Å². The summed E-state index contributed by atoms with van der Waals surface area (Å²) in [5.74, 6) is -0.915. The second kappa shape index (κ2) is 4.16. The fourth-order valence-electron chi connectivity index (χ4n) is 1.81. The Kier molecular flexibility index (Phi) is 2.49. The Bertz CT molecular complexity index is 829. The van der Waals surface area contributed by atoms with Gasteiger partial charge in [0.15, 0.2) is 5.65 Å². The number of aromatic hydroxyl groups is 1. The molecule has 0 aliphatic rings. The van der Waals surface area contributed by atoms with E-state index in [1.807, 2.05) is 0 Å². The molecule has 6 heteroatoms. The van der Waals surface area contributed by atoms with E-state index < -0.39 is 11.4 Å². The van der Waals surface area contributed by atoms with Gasteiger partial charge in [-0.15, -0.1) is 0 Å². The first-order valence-electron chi connectivity index (χ1n) is 5.49. The highest BCUT2D eigenvalue weighted by Gasteiger charge is 2.12. The third kappa shape index (κ3) is 1.93. The maximum absolute atomic E-state index is 12.9. The highest BCUT2D eigenvalue weighted by molar-refractivity contribution is 5.75. The third-order valence-corrected chi connectivity index (χ3v) is 2.68. The van der Waals surface area contributed by atoms with Crippen LogP contribution >= 0.6 is 0 Å². The molecule has 1 aromatic carbocycles. The lowest BCUT2D eigenvalue weighted by Gasteiger charge is -2.04.